The van der Waals surface area contributed by atoms with E-state index in [4.69, 9.17) is 0 Å². The predicted molar refractivity (Wildman–Crippen MR) is 98.3 cm³/mol. The molecule has 150 valence electrons. The number of ether oxygens (including phenoxy) is 1. The average Bonchev–Trinajstić information content (AvgIpc) is 3.18. The van der Waals surface area contributed by atoms with Crippen LogP contribution in [-0.4, -0.2) is 37.8 Å². The number of nitrogens with one attached hydrogen (secondary N) is 1. The minimum atomic E-state index is -3.79. The third-order valence-corrected chi connectivity index (χ3v) is 6.42. The fourth-order valence-corrected chi connectivity index (χ4v) is 4.86. The first-order chi connectivity index (χ1) is 13.4. The van der Waals surface area contributed by atoms with Gasteiger partial charge in [-0.3, -0.25) is 4.79 Å². The number of nitrogens with zero attached hydrogens (tertiary/aromatic N) is 1. The quantitative estimate of drug-likeness (QED) is 0.762. The lowest BCUT2D eigenvalue weighted by Crippen LogP contribution is -2.45. The summed E-state index contributed by atoms with van der Waals surface area (Å²) in [5, 5.41) is 2.64. The van der Waals surface area contributed by atoms with E-state index in [-0.39, 0.29) is 23.7 Å². The van der Waals surface area contributed by atoms with Gasteiger partial charge in [-0.15, -0.1) is 0 Å². The van der Waals surface area contributed by atoms with Crippen molar-refractivity contribution in [3.63, 3.8) is 0 Å². The molecule has 1 atom stereocenters. The van der Waals surface area contributed by atoms with Gasteiger partial charge in [0.05, 0.1) is 4.90 Å². The van der Waals surface area contributed by atoms with E-state index in [0.29, 0.717) is 18.4 Å². The number of carbonyl (C=O) groups is 1. The largest absolute Gasteiger partial charge is 0.434 e. The number of alkyl halides is 2. The molecule has 0 saturated carbocycles. The number of para-hydroxylation sites is 1. The molecule has 0 aromatic heterocycles. The van der Waals surface area contributed by atoms with E-state index in [2.05, 4.69) is 10.1 Å². The summed E-state index contributed by atoms with van der Waals surface area (Å²) in [6.45, 7) is -2.77. The molecular formula is C19H20F2N2O4S. The highest BCUT2D eigenvalue weighted by molar-refractivity contribution is 7.89. The van der Waals surface area contributed by atoms with Crippen molar-refractivity contribution in [3.05, 3.63) is 60.2 Å². The van der Waals surface area contributed by atoms with Crippen molar-refractivity contribution in [1.82, 2.24) is 9.62 Å². The van der Waals surface area contributed by atoms with Crippen molar-refractivity contribution in [2.75, 3.05) is 6.54 Å². The normalized spacial score (nSPS) is 17.6. The zero-order chi connectivity index (χ0) is 20.1. The topological polar surface area (TPSA) is 75.7 Å². The summed E-state index contributed by atoms with van der Waals surface area (Å²) in [6, 6.07) is 13.2. The van der Waals surface area contributed by atoms with E-state index in [9.17, 15) is 22.0 Å². The molecule has 28 heavy (non-hydrogen) atoms. The molecular weight excluding hydrogens is 390 g/mol. The first-order valence-electron chi connectivity index (χ1n) is 8.77. The summed E-state index contributed by atoms with van der Waals surface area (Å²) >= 11 is 0. The highest BCUT2D eigenvalue weighted by atomic mass is 32.2. The Kier molecular flexibility index (Phi) is 6.25. The van der Waals surface area contributed by atoms with Crippen LogP contribution in [0, 0.1) is 0 Å². The summed E-state index contributed by atoms with van der Waals surface area (Å²) < 4.78 is 56.3. The number of sulfonamides is 1. The Morgan fingerprint density at radius 3 is 2.54 bits per heavy atom. The van der Waals surface area contributed by atoms with Gasteiger partial charge in [-0.05, 0) is 31.0 Å². The average molecular weight is 410 g/mol. The molecule has 1 heterocycles. The van der Waals surface area contributed by atoms with Crippen LogP contribution in [0.4, 0.5) is 8.78 Å². The molecule has 1 fully saturated rings. The molecule has 0 radical (unpaired) electrons. The molecule has 0 unspecified atom stereocenters. The van der Waals surface area contributed by atoms with Crippen molar-refractivity contribution in [2.45, 2.75) is 36.9 Å². The second-order valence-corrected chi connectivity index (χ2v) is 8.18. The minimum Gasteiger partial charge on any atom is -0.434 e. The zero-order valence-electron chi connectivity index (χ0n) is 14.9. The van der Waals surface area contributed by atoms with Crippen molar-refractivity contribution >= 4 is 15.9 Å². The third kappa shape index (κ3) is 4.48. The molecule has 1 aliphatic heterocycles. The van der Waals surface area contributed by atoms with Gasteiger partial charge in [0.15, 0.2) is 0 Å². The Labute approximate surface area is 162 Å². The highest BCUT2D eigenvalue weighted by Crippen LogP contribution is 2.26. The van der Waals surface area contributed by atoms with Crippen LogP contribution in [0.2, 0.25) is 0 Å². The SMILES string of the molecule is O=C(NCc1ccccc1OC(F)F)[C@H]1CCCN1S(=O)(=O)c1ccccc1. The number of carbonyl (C=O) groups excluding carboxylic acids is 1. The lowest BCUT2D eigenvalue weighted by atomic mass is 10.2. The molecule has 2 aromatic carbocycles. The maximum absolute atomic E-state index is 12.8. The van der Waals surface area contributed by atoms with Gasteiger partial charge in [0.2, 0.25) is 15.9 Å². The fourth-order valence-electron chi connectivity index (χ4n) is 3.18. The lowest BCUT2D eigenvalue weighted by Gasteiger charge is -2.23. The number of halogens is 2. The Balaban J connectivity index is 1.71. The van der Waals surface area contributed by atoms with Gasteiger partial charge in [0.1, 0.15) is 11.8 Å². The van der Waals surface area contributed by atoms with Crippen molar-refractivity contribution in [1.29, 1.82) is 0 Å². The Morgan fingerprint density at radius 2 is 1.82 bits per heavy atom. The lowest BCUT2D eigenvalue weighted by molar-refractivity contribution is -0.124. The standard InChI is InChI=1S/C19H20F2N2O4S/c20-19(21)27-17-11-5-4-7-14(17)13-22-18(24)16-10-6-12-23(16)28(25,26)15-8-2-1-3-9-15/h1-5,7-9,11,16,19H,6,10,12-13H2,(H,22,24)/t16-/m1/s1. The van der Waals surface area contributed by atoms with E-state index in [1.165, 1.54) is 22.5 Å². The first-order valence-corrected chi connectivity index (χ1v) is 10.2. The van der Waals surface area contributed by atoms with Crippen LogP contribution in [-0.2, 0) is 21.4 Å². The summed E-state index contributed by atoms with van der Waals surface area (Å²) in [5.41, 5.74) is 0.381. The van der Waals surface area contributed by atoms with Crippen LogP contribution in [0.3, 0.4) is 0 Å². The molecule has 3 rings (SSSR count). The third-order valence-electron chi connectivity index (χ3n) is 4.50. The predicted octanol–water partition coefficient (Wildman–Crippen LogP) is 2.76. The van der Waals surface area contributed by atoms with Gasteiger partial charge in [0.25, 0.3) is 0 Å². The smallest absolute Gasteiger partial charge is 0.387 e. The number of hydrogen-bond donors (Lipinski definition) is 1. The minimum absolute atomic E-state index is 0.0296. The molecule has 1 saturated heterocycles. The van der Waals surface area contributed by atoms with Crippen LogP contribution >= 0.6 is 0 Å². The van der Waals surface area contributed by atoms with Crippen molar-refractivity contribution in [3.8, 4) is 5.75 Å². The van der Waals surface area contributed by atoms with Crippen LogP contribution in [0.15, 0.2) is 59.5 Å². The fraction of sp³-hybridized carbons (Fsp3) is 0.316. The van der Waals surface area contributed by atoms with Gasteiger partial charge in [0, 0.05) is 18.7 Å². The molecule has 0 spiro atoms. The van der Waals surface area contributed by atoms with Crippen LogP contribution in [0.5, 0.6) is 5.75 Å². The van der Waals surface area contributed by atoms with Crippen molar-refractivity contribution < 1.29 is 26.7 Å². The number of hydrogen-bond acceptors (Lipinski definition) is 4. The molecule has 6 nitrogen and oxygen atoms in total. The number of benzene rings is 2. The van der Waals surface area contributed by atoms with Crippen LogP contribution < -0.4 is 10.1 Å². The second-order valence-electron chi connectivity index (χ2n) is 6.29. The Morgan fingerprint density at radius 1 is 1.14 bits per heavy atom. The highest BCUT2D eigenvalue weighted by Gasteiger charge is 2.39. The molecule has 0 bridgehead atoms. The maximum atomic E-state index is 12.8. The summed E-state index contributed by atoms with van der Waals surface area (Å²) in [6.07, 6.45) is 0.961. The van der Waals surface area contributed by atoms with Crippen LogP contribution in [0.1, 0.15) is 18.4 Å². The van der Waals surface area contributed by atoms with Gasteiger partial charge in [-0.2, -0.15) is 13.1 Å². The van der Waals surface area contributed by atoms with Crippen LogP contribution in [0.25, 0.3) is 0 Å². The van der Waals surface area contributed by atoms with E-state index in [1.807, 2.05) is 0 Å². The zero-order valence-corrected chi connectivity index (χ0v) is 15.7. The van der Waals surface area contributed by atoms with E-state index >= 15 is 0 Å². The van der Waals surface area contributed by atoms with E-state index in [0.717, 1.165) is 0 Å². The number of rotatable bonds is 7. The summed E-state index contributed by atoms with van der Waals surface area (Å²) in [7, 11) is -3.79. The summed E-state index contributed by atoms with van der Waals surface area (Å²) in [5.74, 6) is -0.498. The Bertz CT molecular complexity index is 923. The monoisotopic (exact) mass is 410 g/mol. The molecule has 1 amide bonds. The second kappa shape index (κ2) is 8.66. The number of amides is 1. The molecule has 2 aromatic rings. The van der Waals surface area contributed by atoms with Crippen molar-refractivity contribution in [2.24, 2.45) is 0 Å². The molecule has 9 heteroatoms. The van der Waals surface area contributed by atoms with E-state index < -0.39 is 28.6 Å². The molecule has 0 aliphatic carbocycles. The summed E-state index contributed by atoms with van der Waals surface area (Å²) in [4.78, 5) is 12.8. The Hall–Kier alpha value is -2.52. The molecule has 1 N–H and O–H groups in total. The van der Waals surface area contributed by atoms with Gasteiger partial charge < -0.3 is 10.1 Å². The van der Waals surface area contributed by atoms with Gasteiger partial charge in [-0.1, -0.05) is 36.4 Å². The van der Waals surface area contributed by atoms with E-state index in [1.54, 1.807) is 36.4 Å². The first kappa shape index (κ1) is 20.2. The van der Waals surface area contributed by atoms with Gasteiger partial charge in [-0.25, -0.2) is 8.42 Å². The maximum Gasteiger partial charge on any atom is 0.387 e. The molecule has 1 aliphatic rings. The van der Waals surface area contributed by atoms with Gasteiger partial charge >= 0.3 is 6.61 Å².